The molecule has 4 rings (SSSR count). The first-order valence-electron chi connectivity index (χ1n) is 8.21. The molecule has 1 saturated carbocycles. The SMILES string of the molecule is c1ccc(OC[C@@H]2CCCN2Cc2nc(C3CC3)n[nH]2)cc1. The van der Waals surface area contributed by atoms with Gasteiger partial charge in [0.15, 0.2) is 5.82 Å². The number of ether oxygens (including phenoxy) is 1. The van der Waals surface area contributed by atoms with Gasteiger partial charge in [0.25, 0.3) is 0 Å². The molecule has 1 aromatic heterocycles. The number of nitrogens with zero attached hydrogens (tertiary/aromatic N) is 3. The van der Waals surface area contributed by atoms with Gasteiger partial charge in [-0.15, -0.1) is 0 Å². The van der Waals surface area contributed by atoms with Gasteiger partial charge in [-0.25, -0.2) is 4.98 Å². The Morgan fingerprint density at radius 1 is 1.18 bits per heavy atom. The second-order valence-electron chi connectivity index (χ2n) is 6.31. The molecule has 2 fully saturated rings. The number of rotatable bonds is 6. The summed E-state index contributed by atoms with van der Waals surface area (Å²) < 4.78 is 5.92. The molecule has 1 aromatic carbocycles. The molecule has 22 heavy (non-hydrogen) atoms. The van der Waals surface area contributed by atoms with E-state index in [4.69, 9.17) is 4.74 Å². The Bertz CT molecular complexity index is 608. The van der Waals surface area contributed by atoms with E-state index in [1.54, 1.807) is 0 Å². The zero-order chi connectivity index (χ0) is 14.8. The standard InChI is InChI=1S/C17H22N4O/c1-2-6-15(7-3-1)22-12-14-5-4-10-21(14)11-16-18-17(20-19-16)13-8-9-13/h1-3,6-7,13-14H,4-5,8-12H2,(H,18,19,20)/t14-/m0/s1. The van der Waals surface area contributed by atoms with E-state index in [2.05, 4.69) is 20.1 Å². The van der Waals surface area contributed by atoms with Crippen LogP contribution in [0.15, 0.2) is 30.3 Å². The van der Waals surface area contributed by atoms with Gasteiger partial charge in [-0.1, -0.05) is 18.2 Å². The van der Waals surface area contributed by atoms with Gasteiger partial charge in [-0.2, -0.15) is 5.10 Å². The third-order valence-corrected chi connectivity index (χ3v) is 4.53. The maximum atomic E-state index is 5.92. The van der Waals surface area contributed by atoms with Crippen LogP contribution in [0.1, 0.15) is 43.3 Å². The van der Waals surface area contributed by atoms with Crippen LogP contribution in [0.3, 0.4) is 0 Å². The summed E-state index contributed by atoms with van der Waals surface area (Å²) in [5.74, 6) is 3.56. The van der Waals surface area contributed by atoms with Crippen LogP contribution in [-0.4, -0.2) is 39.3 Å². The van der Waals surface area contributed by atoms with E-state index in [-0.39, 0.29) is 0 Å². The Morgan fingerprint density at radius 3 is 2.86 bits per heavy atom. The lowest BCUT2D eigenvalue weighted by Gasteiger charge is -2.23. The van der Waals surface area contributed by atoms with Crippen molar-refractivity contribution in [3.63, 3.8) is 0 Å². The highest BCUT2D eigenvalue weighted by Gasteiger charge is 2.29. The Hall–Kier alpha value is -1.88. The van der Waals surface area contributed by atoms with Gasteiger partial charge < -0.3 is 4.74 Å². The lowest BCUT2D eigenvalue weighted by Crippen LogP contribution is -2.34. The van der Waals surface area contributed by atoms with Crippen molar-refractivity contribution in [1.82, 2.24) is 20.1 Å². The first-order valence-corrected chi connectivity index (χ1v) is 8.21. The summed E-state index contributed by atoms with van der Waals surface area (Å²) in [7, 11) is 0. The minimum atomic E-state index is 0.467. The summed E-state index contributed by atoms with van der Waals surface area (Å²) in [4.78, 5) is 7.10. The smallest absolute Gasteiger partial charge is 0.153 e. The van der Waals surface area contributed by atoms with Crippen LogP contribution >= 0.6 is 0 Å². The molecule has 1 N–H and O–H groups in total. The monoisotopic (exact) mass is 298 g/mol. The normalized spacial score (nSPS) is 22.1. The van der Waals surface area contributed by atoms with Gasteiger partial charge in [0.05, 0.1) is 6.54 Å². The molecule has 0 spiro atoms. The van der Waals surface area contributed by atoms with E-state index in [1.807, 2.05) is 30.3 Å². The molecule has 2 heterocycles. The topological polar surface area (TPSA) is 54.0 Å². The van der Waals surface area contributed by atoms with Crippen molar-refractivity contribution in [2.45, 2.75) is 44.2 Å². The van der Waals surface area contributed by atoms with E-state index >= 15 is 0 Å². The van der Waals surface area contributed by atoms with Crippen LogP contribution in [0.5, 0.6) is 5.75 Å². The number of H-pyrrole nitrogens is 1. The number of benzene rings is 1. The quantitative estimate of drug-likeness (QED) is 0.891. The van der Waals surface area contributed by atoms with E-state index in [0.29, 0.717) is 12.0 Å². The molecule has 0 bridgehead atoms. The molecule has 5 heteroatoms. The minimum absolute atomic E-state index is 0.467. The minimum Gasteiger partial charge on any atom is -0.492 e. The van der Waals surface area contributed by atoms with Crippen LogP contribution in [0.25, 0.3) is 0 Å². The number of hydrogen-bond acceptors (Lipinski definition) is 4. The van der Waals surface area contributed by atoms with Crippen LogP contribution in [0.4, 0.5) is 0 Å². The number of aromatic nitrogens is 3. The van der Waals surface area contributed by atoms with E-state index in [0.717, 1.165) is 37.1 Å². The number of hydrogen-bond donors (Lipinski definition) is 1. The Labute approximate surface area is 130 Å². The summed E-state index contributed by atoms with van der Waals surface area (Å²) in [6.45, 7) is 2.71. The highest BCUT2D eigenvalue weighted by Crippen LogP contribution is 2.37. The lowest BCUT2D eigenvalue weighted by atomic mass is 10.2. The van der Waals surface area contributed by atoms with Crippen molar-refractivity contribution in [3.8, 4) is 5.75 Å². The number of para-hydroxylation sites is 1. The highest BCUT2D eigenvalue weighted by molar-refractivity contribution is 5.21. The fraction of sp³-hybridized carbons (Fsp3) is 0.529. The summed E-state index contributed by atoms with van der Waals surface area (Å²) in [6, 6.07) is 10.5. The number of aromatic amines is 1. The van der Waals surface area contributed by atoms with Gasteiger partial charge in [-0.3, -0.25) is 10.00 Å². The Morgan fingerprint density at radius 2 is 2.05 bits per heavy atom. The molecule has 2 aromatic rings. The maximum absolute atomic E-state index is 5.92. The molecule has 116 valence electrons. The third kappa shape index (κ3) is 3.14. The zero-order valence-corrected chi connectivity index (χ0v) is 12.7. The van der Waals surface area contributed by atoms with Gasteiger partial charge in [0, 0.05) is 12.0 Å². The zero-order valence-electron chi connectivity index (χ0n) is 12.7. The van der Waals surface area contributed by atoms with E-state index < -0.39 is 0 Å². The van der Waals surface area contributed by atoms with Crippen molar-refractivity contribution >= 4 is 0 Å². The van der Waals surface area contributed by atoms with Gasteiger partial charge in [-0.05, 0) is 44.4 Å². The largest absolute Gasteiger partial charge is 0.492 e. The molecule has 5 nitrogen and oxygen atoms in total. The Balaban J connectivity index is 1.34. The van der Waals surface area contributed by atoms with Gasteiger partial charge in [0.2, 0.25) is 0 Å². The first kappa shape index (κ1) is 13.8. The van der Waals surface area contributed by atoms with E-state index in [9.17, 15) is 0 Å². The van der Waals surface area contributed by atoms with Crippen LogP contribution < -0.4 is 4.74 Å². The van der Waals surface area contributed by atoms with Crippen LogP contribution in [-0.2, 0) is 6.54 Å². The molecule has 0 amide bonds. The fourth-order valence-corrected chi connectivity index (χ4v) is 3.10. The predicted octanol–water partition coefficient (Wildman–Crippen LogP) is 2.73. The average molecular weight is 298 g/mol. The van der Waals surface area contributed by atoms with Crippen molar-refractivity contribution in [2.24, 2.45) is 0 Å². The average Bonchev–Trinajstić information content (AvgIpc) is 3.14. The highest BCUT2D eigenvalue weighted by atomic mass is 16.5. The second kappa shape index (κ2) is 6.08. The number of likely N-dealkylation sites (tertiary alicyclic amines) is 1. The molecule has 1 aliphatic heterocycles. The van der Waals surface area contributed by atoms with Gasteiger partial charge >= 0.3 is 0 Å². The Kier molecular flexibility index (Phi) is 3.81. The molecular formula is C17H22N4O. The van der Waals surface area contributed by atoms with Crippen molar-refractivity contribution in [3.05, 3.63) is 42.0 Å². The van der Waals surface area contributed by atoms with Crippen molar-refractivity contribution in [2.75, 3.05) is 13.2 Å². The van der Waals surface area contributed by atoms with Crippen molar-refractivity contribution in [1.29, 1.82) is 0 Å². The first-order chi connectivity index (χ1) is 10.9. The van der Waals surface area contributed by atoms with Crippen LogP contribution in [0, 0.1) is 0 Å². The van der Waals surface area contributed by atoms with Crippen molar-refractivity contribution < 1.29 is 4.74 Å². The third-order valence-electron chi connectivity index (χ3n) is 4.53. The molecule has 2 aliphatic rings. The summed E-state index contributed by atoms with van der Waals surface area (Å²) >= 11 is 0. The fourth-order valence-electron chi connectivity index (χ4n) is 3.10. The summed E-state index contributed by atoms with van der Waals surface area (Å²) in [6.07, 6.45) is 4.91. The lowest BCUT2D eigenvalue weighted by molar-refractivity contribution is 0.164. The second-order valence-corrected chi connectivity index (χ2v) is 6.31. The molecule has 0 unspecified atom stereocenters. The molecule has 1 atom stereocenters. The maximum Gasteiger partial charge on any atom is 0.153 e. The number of nitrogens with one attached hydrogen (secondary N) is 1. The summed E-state index contributed by atoms with van der Waals surface area (Å²) in [5.41, 5.74) is 0. The van der Waals surface area contributed by atoms with E-state index in [1.165, 1.54) is 25.7 Å². The molecule has 1 saturated heterocycles. The predicted molar refractivity (Wildman–Crippen MR) is 83.7 cm³/mol. The molecular weight excluding hydrogens is 276 g/mol. The van der Waals surface area contributed by atoms with Gasteiger partial charge in [0.1, 0.15) is 18.2 Å². The van der Waals surface area contributed by atoms with Crippen LogP contribution in [0.2, 0.25) is 0 Å². The molecule has 1 aliphatic carbocycles. The summed E-state index contributed by atoms with van der Waals surface area (Å²) in [5, 5.41) is 7.45. The molecule has 0 radical (unpaired) electrons.